The molecule has 0 unspecified atom stereocenters. The molecule has 0 saturated carbocycles. The van der Waals surface area contributed by atoms with Gasteiger partial charge in [0.05, 0.1) is 29.0 Å². The molecular formula is C32H30FN7O3S. The van der Waals surface area contributed by atoms with Crippen molar-refractivity contribution in [3.8, 4) is 33.6 Å². The fraction of sp³-hybridized carbons (Fsp3) is 0.219. The van der Waals surface area contributed by atoms with Crippen LogP contribution in [0.2, 0.25) is 0 Å². The molecule has 10 nitrogen and oxygen atoms in total. The molecule has 0 aliphatic rings. The SMILES string of the molecule is CCCCC(=O)Nc1cncc(-c2cnc3n[nH]c(-c4cc5c(-c6cc(F)cc(CCS(C)(=O)=O)c6)ccnc5[nH]4)c3c2)c1. The number of fused-ring (bicyclic) bond motifs is 2. The zero-order chi connectivity index (χ0) is 30.8. The van der Waals surface area contributed by atoms with E-state index in [1.54, 1.807) is 30.9 Å². The van der Waals surface area contributed by atoms with Gasteiger partial charge in [-0.15, -0.1) is 0 Å². The molecule has 5 heterocycles. The largest absolute Gasteiger partial charge is 0.338 e. The number of aromatic nitrogens is 6. The third-order valence-corrected chi connectivity index (χ3v) is 8.30. The molecule has 0 radical (unpaired) electrons. The lowest BCUT2D eigenvalue weighted by Crippen LogP contribution is -2.11. The van der Waals surface area contributed by atoms with Gasteiger partial charge in [-0.2, -0.15) is 5.10 Å². The molecule has 1 amide bonds. The van der Waals surface area contributed by atoms with Gasteiger partial charge in [0, 0.05) is 53.2 Å². The van der Waals surface area contributed by atoms with E-state index < -0.39 is 15.7 Å². The number of carbonyl (C=O) groups is 1. The first-order valence-electron chi connectivity index (χ1n) is 14.2. The van der Waals surface area contributed by atoms with Gasteiger partial charge in [-0.3, -0.25) is 14.9 Å². The molecular weight excluding hydrogens is 581 g/mol. The van der Waals surface area contributed by atoms with Crippen molar-refractivity contribution in [2.24, 2.45) is 0 Å². The Labute approximate surface area is 253 Å². The second kappa shape index (κ2) is 12.0. The van der Waals surface area contributed by atoms with Crippen molar-refractivity contribution in [1.82, 2.24) is 30.1 Å². The van der Waals surface area contributed by atoms with Crippen LogP contribution in [0.25, 0.3) is 55.7 Å². The summed E-state index contributed by atoms with van der Waals surface area (Å²) in [5.74, 6) is -0.553. The quantitative estimate of drug-likeness (QED) is 0.170. The van der Waals surface area contributed by atoms with E-state index in [4.69, 9.17) is 0 Å². The van der Waals surface area contributed by atoms with E-state index in [2.05, 4.69) is 35.5 Å². The van der Waals surface area contributed by atoms with E-state index in [0.29, 0.717) is 45.9 Å². The molecule has 6 aromatic rings. The minimum atomic E-state index is -3.19. The Morgan fingerprint density at radius 2 is 1.82 bits per heavy atom. The van der Waals surface area contributed by atoms with Crippen molar-refractivity contribution < 1.29 is 17.6 Å². The highest BCUT2D eigenvalue weighted by atomic mass is 32.2. The highest BCUT2D eigenvalue weighted by Crippen LogP contribution is 2.35. The van der Waals surface area contributed by atoms with Gasteiger partial charge < -0.3 is 10.3 Å². The molecule has 0 fully saturated rings. The number of pyridine rings is 3. The topological polar surface area (TPSA) is 146 Å². The van der Waals surface area contributed by atoms with E-state index in [1.165, 1.54) is 18.4 Å². The van der Waals surface area contributed by atoms with Crippen LogP contribution in [0.4, 0.5) is 10.1 Å². The van der Waals surface area contributed by atoms with Gasteiger partial charge in [0.1, 0.15) is 21.3 Å². The minimum Gasteiger partial charge on any atom is -0.338 e. The van der Waals surface area contributed by atoms with Crippen molar-refractivity contribution in [3.05, 3.63) is 78.6 Å². The number of carbonyl (C=O) groups excluding carboxylic acids is 1. The first-order chi connectivity index (χ1) is 21.2. The molecule has 3 N–H and O–H groups in total. The van der Waals surface area contributed by atoms with Gasteiger partial charge in [0.2, 0.25) is 5.91 Å². The van der Waals surface area contributed by atoms with Crippen molar-refractivity contribution in [2.45, 2.75) is 32.6 Å². The number of unbranched alkanes of at least 4 members (excludes halogenated alkanes) is 1. The molecule has 0 atom stereocenters. The Morgan fingerprint density at radius 1 is 0.977 bits per heavy atom. The summed E-state index contributed by atoms with van der Waals surface area (Å²) in [5.41, 5.74) is 6.71. The summed E-state index contributed by atoms with van der Waals surface area (Å²) in [6, 6.07) is 12.2. The monoisotopic (exact) mass is 611 g/mol. The Kier molecular flexibility index (Phi) is 7.92. The van der Waals surface area contributed by atoms with Gasteiger partial charge in [0.25, 0.3) is 0 Å². The third-order valence-electron chi connectivity index (χ3n) is 7.35. The summed E-state index contributed by atoms with van der Waals surface area (Å²) < 4.78 is 38.0. The van der Waals surface area contributed by atoms with E-state index in [1.807, 2.05) is 31.2 Å². The molecule has 12 heteroatoms. The second-order valence-electron chi connectivity index (χ2n) is 10.8. The number of rotatable bonds is 10. The van der Waals surface area contributed by atoms with Gasteiger partial charge in [-0.25, -0.2) is 22.8 Å². The van der Waals surface area contributed by atoms with Crippen LogP contribution < -0.4 is 5.32 Å². The smallest absolute Gasteiger partial charge is 0.224 e. The van der Waals surface area contributed by atoms with Crippen molar-refractivity contribution >= 4 is 43.5 Å². The first kappa shape index (κ1) is 29.1. The van der Waals surface area contributed by atoms with Crippen LogP contribution in [0, 0.1) is 5.82 Å². The lowest BCUT2D eigenvalue weighted by molar-refractivity contribution is -0.116. The highest BCUT2D eigenvalue weighted by molar-refractivity contribution is 7.90. The summed E-state index contributed by atoms with van der Waals surface area (Å²) in [4.78, 5) is 28.9. The fourth-order valence-corrected chi connectivity index (χ4v) is 5.76. The van der Waals surface area contributed by atoms with E-state index in [9.17, 15) is 17.6 Å². The summed E-state index contributed by atoms with van der Waals surface area (Å²) in [6.45, 7) is 2.04. The van der Waals surface area contributed by atoms with Crippen molar-refractivity contribution in [3.63, 3.8) is 0 Å². The number of nitrogens with zero attached hydrogens (tertiary/aromatic N) is 4. The third kappa shape index (κ3) is 6.35. The number of amides is 1. The van der Waals surface area contributed by atoms with Gasteiger partial charge in [0.15, 0.2) is 5.65 Å². The van der Waals surface area contributed by atoms with Crippen LogP contribution in [0.15, 0.2) is 67.3 Å². The zero-order valence-corrected chi connectivity index (χ0v) is 25.0. The number of hydrogen-bond donors (Lipinski definition) is 3. The number of anilines is 1. The van der Waals surface area contributed by atoms with Gasteiger partial charge in [-0.05, 0) is 65.9 Å². The molecule has 0 saturated heterocycles. The highest BCUT2D eigenvalue weighted by Gasteiger charge is 2.17. The molecule has 5 aromatic heterocycles. The predicted molar refractivity (Wildman–Crippen MR) is 169 cm³/mol. The molecule has 0 aliphatic heterocycles. The maximum atomic E-state index is 14.6. The maximum Gasteiger partial charge on any atom is 0.224 e. The average Bonchev–Trinajstić information content (AvgIpc) is 3.62. The number of halogens is 1. The number of sulfone groups is 1. The number of aromatic amines is 2. The van der Waals surface area contributed by atoms with Gasteiger partial charge >= 0.3 is 0 Å². The number of nitrogens with one attached hydrogen (secondary N) is 3. The fourth-order valence-electron chi connectivity index (χ4n) is 5.16. The molecule has 224 valence electrons. The molecule has 0 aliphatic carbocycles. The van der Waals surface area contributed by atoms with Crippen LogP contribution in [0.1, 0.15) is 31.7 Å². The molecule has 0 spiro atoms. The molecule has 44 heavy (non-hydrogen) atoms. The molecule has 0 bridgehead atoms. The normalized spacial score (nSPS) is 11.8. The second-order valence-corrected chi connectivity index (χ2v) is 13.1. The summed E-state index contributed by atoms with van der Waals surface area (Å²) in [6.07, 6.45) is 10.3. The predicted octanol–water partition coefficient (Wildman–Crippen LogP) is 6.09. The van der Waals surface area contributed by atoms with Crippen molar-refractivity contribution in [2.75, 3.05) is 17.3 Å². The van der Waals surface area contributed by atoms with Crippen molar-refractivity contribution in [1.29, 1.82) is 0 Å². The Morgan fingerprint density at radius 3 is 2.64 bits per heavy atom. The van der Waals surface area contributed by atoms with Crippen LogP contribution in [0.3, 0.4) is 0 Å². The van der Waals surface area contributed by atoms with Crippen LogP contribution in [0.5, 0.6) is 0 Å². The first-order valence-corrected chi connectivity index (χ1v) is 16.3. The standard InChI is InChI=1S/C32H30FN7O3S/c1-3-4-5-29(41)37-24-13-21(16-34-18-24)22-14-27-30(39-40-32(27)36-17-22)28-15-26-25(6-8-35-31(26)38-28)20-10-19(11-23(33)12-20)7-9-44(2,42)43/h6,8,10-18H,3-5,7,9H2,1-2H3,(H,35,38)(H,37,41)(H,36,39,40). The summed E-state index contributed by atoms with van der Waals surface area (Å²) in [7, 11) is -3.19. The Hall–Kier alpha value is -4.97. The minimum absolute atomic E-state index is 0.0494. The van der Waals surface area contributed by atoms with E-state index in [0.717, 1.165) is 40.3 Å². The van der Waals surface area contributed by atoms with Crippen LogP contribution >= 0.6 is 0 Å². The average molecular weight is 612 g/mol. The van der Waals surface area contributed by atoms with Crippen LogP contribution in [-0.4, -0.2) is 56.5 Å². The summed E-state index contributed by atoms with van der Waals surface area (Å²) in [5, 5.41) is 11.9. The Balaban J connectivity index is 1.35. The lowest BCUT2D eigenvalue weighted by atomic mass is 10.00. The zero-order valence-electron chi connectivity index (χ0n) is 24.2. The van der Waals surface area contributed by atoms with E-state index >= 15 is 0 Å². The maximum absolute atomic E-state index is 14.6. The Bertz CT molecular complexity index is 2120. The number of benzene rings is 1. The lowest BCUT2D eigenvalue weighted by Gasteiger charge is -2.07. The van der Waals surface area contributed by atoms with Gasteiger partial charge in [-0.1, -0.05) is 19.4 Å². The summed E-state index contributed by atoms with van der Waals surface area (Å²) >= 11 is 0. The number of aryl methyl sites for hydroxylation is 1. The van der Waals surface area contributed by atoms with Crippen LogP contribution in [-0.2, 0) is 21.1 Å². The number of hydrogen-bond acceptors (Lipinski definition) is 7. The van der Waals surface area contributed by atoms with E-state index in [-0.39, 0.29) is 18.1 Å². The molecule has 6 rings (SSSR count). The molecule has 1 aromatic carbocycles. The number of H-pyrrole nitrogens is 2.